The molecule has 0 bridgehead atoms. The van der Waals surface area contributed by atoms with E-state index in [1.807, 2.05) is 13.8 Å². The molecule has 84 valence electrons. The Balaban J connectivity index is 2.63. The average molecular weight is 222 g/mol. The minimum Gasteiger partial charge on any atom is -0.394 e. The Morgan fingerprint density at radius 2 is 1.93 bits per heavy atom. The number of thioether (sulfide) groups is 1. The molecule has 1 saturated heterocycles. The molecule has 1 aliphatic heterocycles. The van der Waals surface area contributed by atoms with Crippen LogP contribution in [0.15, 0.2) is 0 Å². The molecule has 0 aromatic carbocycles. The molecular formula is C9H18O4S. The summed E-state index contributed by atoms with van der Waals surface area (Å²) in [4.78, 5) is 0. The van der Waals surface area contributed by atoms with Crippen LogP contribution in [0.1, 0.15) is 13.8 Å². The summed E-state index contributed by atoms with van der Waals surface area (Å²) < 4.78 is 5.47. The maximum atomic E-state index is 9.69. The minimum atomic E-state index is -0.983. The van der Waals surface area contributed by atoms with Crippen molar-refractivity contribution in [2.24, 2.45) is 5.92 Å². The van der Waals surface area contributed by atoms with Gasteiger partial charge in [-0.3, -0.25) is 0 Å². The zero-order chi connectivity index (χ0) is 10.7. The van der Waals surface area contributed by atoms with E-state index in [0.29, 0.717) is 0 Å². The second kappa shape index (κ2) is 5.32. The van der Waals surface area contributed by atoms with E-state index in [4.69, 9.17) is 9.84 Å². The molecule has 4 nitrogen and oxygen atoms in total. The van der Waals surface area contributed by atoms with Crippen LogP contribution in [-0.2, 0) is 4.74 Å². The van der Waals surface area contributed by atoms with Crippen molar-refractivity contribution in [3.8, 4) is 0 Å². The summed E-state index contributed by atoms with van der Waals surface area (Å²) in [6, 6.07) is 0. The van der Waals surface area contributed by atoms with Gasteiger partial charge in [-0.2, -0.15) is 0 Å². The molecule has 1 aliphatic rings. The predicted octanol–water partition coefficient (Wildman–Crippen LogP) is -0.185. The van der Waals surface area contributed by atoms with Gasteiger partial charge in [0.05, 0.1) is 12.7 Å². The third-order valence-electron chi connectivity index (χ3n) is 2.52. The molecule has 1 fully saturated rings. The molecule has 5 atom stereocenters. The minimum absolute atomic E-state index is 0.113. The molecule has 0 saturated carbocycles. The van der Waals surface area contributed by atoms with Crippen LogP contribution < -0.4 is 0 Å². The third-order valence-corrected chi connectivity index (χ3v) is 3.72. The summed E-state index contributed by atoms with van der Waals surface area (Å²) in [6.45, 7) is 3.59. The van der Waals surface area contributed by atoms with Crippen LogP contribution in [0.2, 0.25) is 0 Å². The molecule has 14 heavy (non-hydrogen) atoms. The summed E-state index contributed by atoms with van der Waals surface area (Å²) in [7, 11) is 0. The molecule has 0 amide bonds. The maximum Gasteiger partial charge on any atom is 0.110 e. The van der Waals surface area contributed by atoms with Gasteiger partial charge >= 0.3 is 0 Å². The lowest BCUT2D eigenvalue weighted by Crippen LogP contribution is -2.53. The van der Waals surface area contributed by atoms with Crippen LogP contribution in [0.5, 0.6) is 0 Å². The fourth-order valence-electron chi connectivity index (χ4n) is 1.57. The highest BCUT2D eigenvalue weighted by Crippen LogP contribution is 2.32. The van der Waals surface area contributed by atoms with Crippen LogP contribution in [0.3, 0.4) is 0 Å². The molecule has 0 radical (unpaired) electrons. The van der Waals surface area contributed by atoms with E-state index < -0.39 is 18.3 Å². The Hall–Kier alpha value is 0.190. The summed E-state index contributed by atoms with van der Waals surface area (Å²) in [5, 5.41) is 28.2. The topological polar surface area (TPSA) is 69.9 Å². The number of hydrogen-bond donors (Lipinski definition) is 3. The van der Waals surface area contributed by atoms with Crippen molar-refractivity contribution in [3.05, 3.63) is 0 Å². The second-order valence-corrected chi connectivity index (χ2v) is 4.90. The van der Waals surface area contributed by atoms with Crippen molar-refractivity contribution in [3.63, 3.8) is 0 Å². The van der Waals surface area contributed by atoms with Crippen LogP contribution in [0.4, 0.5) is 0 Å². The number of hydrogen-bond acceptors (Lipinski definition) is 5. The van der Waals surface area contributed by atoms with Crippen LogP contribution in [-0.4, -0.2) is 51.4 Å². The Kier molecular flexibility index (Phi) is 4.66. The fourth-order valence-corrected chi connectivity index (χ4v) is 2.59. The van der Waals surface area contributed by atoms with Gasteiger partial charge in [0.2, 0.25) is 0 Å². The van der Waals surface area contributed by atoms with Crippen LogP contribution >= 0.6 is 11.8 Å². The van der Waals surface area contributed by atoms with Gasteiger partial charge in [0.25, 0.3) is 0 Å². The molecular weight excluding hydrogens is 204 g/mol. The first-order valence-corrected chi connectivity index (χ1v) is 5.90. The molecule has 5 heteroatoms. The summed E-state index contributed by atoms with van der Waals surface area (Å²) in [5.74, 6) is 0.772. The first-order valence-electron chi connectivity index (χ1n) is 4.85. The SMILES string of the molecule is CCS[C@@H]1OC(CO)[C@H](O)[C@H](O)C1C. The van der Waals surface area contributed by atoms with Crippen molar-refractivity contribution >= 4 is 11.8 Å². The maximum absolute atomic E-state index is 9.69. The first kappa shape index (κ1) is 12.3. The molecule has 0 aromatic heterocycles. The van der Waals surface area contributed by atoms with Crippen LogP contribution in [0, 0.1) is 5.92 Å². The van der Waals surface area contributed by atoms with E-state index in [1.54, 1.807) is 11.8 Å². The summed E-state index contributed by atoms with van der Waals surface area (Å²) in [5.41, 5.74) is -0.143. The number of aliphatic hydroxyl groups is 3. The van der Waals surface area contributed by atoms with E-state index >= 15 is 0 Å². The normalized spacial score (nSPS) is 43.9. The van der Waals surface area contributed by atoms with E-state index in [2.05, 4.69) is 0 Å². The Morgan fingerprint density at radius 3 is 2.43 bits per heavy atom. The lowest BCUT2D eigenvalue weighted by molar-refractivity contribution is -0.181. The lowest BCUT2D eigenvalue weighted by atomic mass is 9.94. The predicted molar refractivity (Wildman–Crippen MR) is 55.1 cm³/mol. The van der Waals surface area contributed by atoms with Gasteiger partial charge in [-0.05, 0) is 5.75 Å². The highest BCUT2D eigenvalue weighted by atomic mass is 32.2. The largest absolute Gasteiger partial charge is 0.394 e. The fraction of sp³-hybridized carbons (Fsp3) is 1.00. The smallest absolute Gasteiger partial charge is 0.110 e. The molecule has 2 unspecified atom stereocenters. The lowest BCUT2D eigenvalue weighted by Gasteiger charge is -2.40. The Morgan fingerprint density at radius 1 is 1.29 bits per heavy atom. The van der Waals surface area contributed by atoms with Crippen molar-refractivity contribution in [1.29, 1.82) is 0 Å². The zero-order valence-electron chi connectivity index (χ0n) is 8.46. The van der Waals surface area contributed by atoms with E-state index in [-0.39, 0.29) is 18.0 Å². The molecule has 3 N–H and O–H groups in total. The Bertz CT molecular complexity index is 174. The molecule has 0 aliphatic carbocycles. The molecule has 0 spiro atoms. The van der Waals surface area contributed by atoms with Gasteiger partial charge in [0.15, 0.2) is 0 Å². The van der Waals surface area contributed by atoms with Crippen molar-refractivity contribution in [2.75, 3.05) is 12.4 Å². The number of rotatable bonds is 3. The molecule has 1 rings (SSSR count). The second-order valence-electron chi connectivity index (χ2n) is 3.52. The van der Waals surface area contributed by atoms with E-state index in [1.165, 1.54) is 0 Å². The van der Waals surface area contributed by atoms with Gasteiger partial charge < -0.3 is 20.1 Å². The number of aliphatic hydroxyl groups excluding tert-OH is 3. The van der Waals surface area contributed by atoms with Crippen molar-refractivity contribution in [1.82, 2.24) is 0 Å². The van der Waals surface area contributed by atoms with Crippen molar-refractivity contribution < 1.29 is 20.1 Å². The third kappa shape index (κ3) is 2.41. The van der Waals surface area contributed by atoms with E-state index in [0.717, 1.165) is 5.75 Å². The zero-order valence-corrected chi connectivity index (χ0v) is 9.28. The van der Waals surface area contributed by atoms with E-state index in [9.17, 15) is 10.2 Å². The standard InChI is InChI=1S/C9H18O4S/c1-3-14-9-5(2)7(11)8(12)6(4-10)13-9/h5-12H,3-4H2,1-2H3/t5?,6?,7-,8+,9+/m1/s1. The highest BCUT2D eigenvalue weighted by molar-refractivity contribution is 7.99. The number of ether oxygens (including phenoxy) is 1. The van der Waals surface area contributed by atoms with Gasteiger partial charge in [0, 0.05) is 5.92 Å². The quantitative estimate of drug-likeness (QED) is 0.618. The Labute approximate surface area is 88.3 Å². The summed E-state index contributed by atoms with van der Waals surface area (Å²) in [6.07, 6.45) is -2.46. The molecule has 1 heterocycles. The van der Waals surface area contributed by atoms with Gasteiger partial charge in [-0.1, -0.05) is 13.8 Å². The van der Waals surface area contributed by atoms with Crippen molar-refractivity contribution in [2.45, 2.75) is 37.6 Å². The summed E-state index contributed by atoms with van der Waals surface area (Å²) >= 11 is 1.58. The van der Waals surface area contributed by atoms with Gasteiger partial charge in [-0.15, -0.1) is 11.8 Å². The van der Waals surface area contributed by atoms with Gasteiger partial charge in [0.1, 0.15) is 17.6 Å². The van der Waals surface area contributed by atoms with Gasteiger partial charge in [-0.25, -0.2) is 0 Å². The highest BCUT2D eigenvalue weighted by Gasteiger charge is 2.41. The monoisotopic (exact) mass is 222 g/mol. The average Bonchev–Trinajstić information content (AvgIpc) is 2.19. The molecule has 0 aromatic rings. The van der Waals surface area contributed by atoms with Crippen LogP contribution in [0.25, 0.3) is 0 Å². The first-order chi connectivity index (χ1) is 6.61.